The van der Waals surface area contributed by atoms with Gasteiger partial charge in [0.2, 0.25) is 0 Å². The van der Waals surface area contributed by atoms with Crippen molar-refractivity contribution in [2.45, 2.75) is 27.3 Å². The van der Waals surface area contributed by atoms with Crippen LogP contribution in [0.15, 0.2) is 48.5 Å². The molecule has 0 heterocycles. The molecule has 0 radical (unpaired) electrons. The van der Waals surface area contributed by atoms with Crippen LogP contribution in [0.4, 0.5) is 5.69 Å². The summed E-state index contributed by atoms with van der Waals surface area (Å²) in [7, 11) is 0. The second-order valence-electron chi connectivity index (χ2n) is 5.66. The van der Waals surface area contributed by atoms with E-state index in [2.05, 4.69) is 37.4 Å². The zero-order valence-electron chi connectivity index (χ0n) is 13.6. The van der Waals surface area contributed by atoms with E-state index >= 15 is 0 Å². The summed E-state index contributed by atoms with van der Waals surface area (Å²) >= 11 is 0. The second kappa shape index (κ2) is 8.32. The Hall–Kier alpha value is -2.16. The summed E-state index contributed by atoms with van der Waals surface area (Å²) in [5.41, 5.74) is 2.28. The molecular weight excluding hydrogens is 274 g/mol. The van der Waals surface area contributed by atoms with Crippen LogP contribution in [0.25, 0.3) is 0 Å². The summed E-state index contributed by atoms with van der Waals surface area (Å²) in [6, 6.07) is 16.3. The molecule has 0 atom stereocenters. The predicted octanol–water partition coefficient (Wildman–Crippen LogP) is 4.73. The summed E-state index contributed by atoms with van der Waals surface area (Å²) in [6.45, 7) is 8.50. The first-order valence-corrected chi connectivity index (χ1v) is 7.86. The third-order valence-corrected chi connectivity index (χ3v) is 3.15. The fourth-order valence-electron chi connectivity index (χ4n) is 2.03. The standard InChI is InChI=1S/C19H25NO2/c1-4-21-18-10-8-16(9-11-18)13-20-17-6-5-7-19(12-17)22-14-15(2)3/h5-12,15,20H,4,13-14H2,1-3H3. The van der Waals surface area contributed by atoms with E-state index in [1.807, 2.05) is 37.3 Å². The van der Waals surface area contributed by atoms with Crippen molar-refractivity contribution in [2.75, 3.05) is 18.5 Å². The number of hydrogen-bond donors (Lipinski definition) is 1. The fraction of sp³-hybridized carbons (Fsp3) is 0.368. The molecule has 118 valence electrons. The number of nitrogens with one attached hydrogen (secondary N) is 1. The molecular formula is C19H25NO2. The summed E-state index contributed by atoms with van der Waals surface area (Å²) in [6.07, 6.45) is 0. The van der Waals surface area contributed by atoms with E-state index in [4.69, 9.17) is 9.47 Å². The van der Waals surface area contributed by atoms with Crippen LogP contribution < -0.4 is 14.8 Å². The van der Waals surface area contributed by atoms with Gasteiger partial charge in [-0.3, -0.25) is 0 Å². The molecule has 2 aromatic carbocycles. The average molecular weight is 299 g/mol. The molecule has 2 aromatic rings. The van der Waals surface area contributed by atoms with Crippen molar-refractivity contribution >= 4 is 5.69 Å². The van der Waals surface area contributed by atoms with Crippen LogP contribution in [0.3, 0.4) is 0 Å². The molecule has 0 aromatic heterocycles. The Labute approximate surface area is 133 Å². The maximum atomic E-state index is 5.75. The molecule has 0 unspecified atom stereocenters. The van der Waals surface area contributed by atoms with E-state index < -0.39 is 0 Å². The molecule has 0 aliphatic rings. The van der Waals surface area contributed by atoms with E-state index in [0.29, 0.717) is 12.5 Å². The number of ether oxygens (including phenoxy) is 2. The van der Waals surface area contributed by atoms with Gasteiger partial charge in [0.15, 0.2) is 0 Å². The van der Waals surface area contributed by atoms with Crippen LogP contribution in [0.1, 0.15) is 26.3 Å². The van der Waals surface area contributed by atoms with Gasteiger partial charge in [0.05, 0.1) is 13.2 Å². The normalized spacial score (nSPS) is 10.5. The molecule has 0 bridgehead atoms. The Bertz CT molecular complexity index is 564. The van der Waals surface area contributed by atoms with Gasteiger partial charge in [0.25, 0.3) is 0 Å². The highest BCUT2D eigenvalue weighted by Gasteiger charge is 2.00. The molecule has 0 spiro atoms. The average Bonchev–Trinajstić information content (AvgIpc) is 2.53. The Morgan fingerprint density at radius 2 is 1.73 bits per heavy atom. The van der Waals surface area contributed by atoms with Crippen molar-refractivity contribution in [2.24, 2.45) is 5.92 Å². The van der Waals surface area contributed by atoms with Crippen molar-refractivity contribution in [1.82, 2.24) is 0 Å². The Morgan fingerprint density at radius 1 is 0.955 bits per heavy atom. The van der Waals surface area contributed by atoms with Crippen LogP contribution in [0.2, 0.25) is 0 Å². The summed E-state index contributed by atoms with van der Waals surface area (Å²) < 4.78 is 11.2. The maximum Gasteiger partial charge on any atom is 0.121 e. The van der Waals surface area contributed by atoms with Gasteiger partial charge in [-0.15, -0.1) is 0 Å². The van der Waals surface area contributed by atoms with Crippen molar-refractivity contribution in [3.05, 3.63) is 54.1 Å². The Morgan fingerprint density at radius 3 is 2.41 bits per heavy atom. The highest BCUT2D eigenvalue weighted by Crippen LogP contribution is 2.19. The van der Waals surface area contributed by atoms with Gasteiger partial charge >= 0.3 is 0 Å². The molecule has 0 aliphatic heterocycles. The van der Waals surface area contributed by atoms with Crippen LogP contribution in [0.5, 0.6) is 11.5 Å². The first-order chi connectivity index (χ1) is 10.7. The highest BCUT2D eigenvalue weighted by molar-refractivity contribution is 5.48. The zero-order valence-corrected chi connectivity index (χ0v) is 13.6. The minimum absolute atomic E-state index is 0.528. The highest BCUT2D eigenvalue weighted by atomic mass is 16.5. The number of hydrogen-bond acceptors (Lipinski definition) is 3. The molecule has 0 aliphatic carbocycles. The number of rotatable bonds is 8. The lowest BCUT2D eigenvalue weighted by Gasteiger charge is -2.11. The predicted molar refractivity (Wildman–Crippen MR) is 91.7 cm³/mol. The van der Waals surface area contributed by atoms with Crippen LogP contribution in [0, 0.1) is 5.92 Å². The topological polar surface area (TPSA) is 30.5 Å². The van der Waals surface area contributed by atoms with Gasteiger partial charge in [-0.2, -0.15) is 0 Å². The van der Waals surface area contributed by atoms with Crippen molar-refractivity contribution in [3.63, 3.8) is 0 Å². The van der Waals surface area contributed by atoms with Gasteiger partial charge in [0, 0.05) is 18.3 Å². The molecule has 0 amide bonds. The number of anilines is 1. The largest absolute Gasteiger partial charge is 0.494 e. The van der Waals surface area contributed by atoms with Crippen molar-refractivity contribution < 1.29 is 9.47 Å². The van der Waals surface area contributed by atoms with Crippen molar-refractivity contribution in [3.8, 4) is 11.5 Å². The second-order valence-corrected chi connectivity index (χ2v) is 5.66. The zero-order chi connectivity index (χ0) is 15.8. The molecule has 2 rings (SSSR count). The third-order valence-electron chi connectivity index (χ3n) is 3.15. The summed E-state index contributed by atoms with van der Waals surface area (Å²) in [5, 5.41) is 3.42. The van der Waals surface area contributed by atoms with E-state index in [1.165, 1.54) is 5.56 Å². The van der Waals surface area contributed by atoms with Gasteiger partial charge in [-0.1, -0.05) is 32.0 Å². The molecule has 1 N–H and O–H groups in total. The lowest BCUT2D eigenvalue weighted by molar-refractivity contribution is 0.271. The van der Waals surface area contributed by atoms with E-state index in [-0.39, 0.29) is 0 Å². The number of benzene rings is 2. The lowest BCUT2D eigenvalue weighted by Crippen LogP contribution is -2.05. The molecule has 3 nitrogen and oxygen atoms in total. The third kappa shape index (κ3) is 5.32. The van der Waals surface area contributed by atoms with Gasteiger partial charge in [0.1, 0.15) is 11.5 Å². The van der Waals surface area contributed by atoms with Crippen molar-refractivity contribution in [1.29, 1.82) is 0 Å². The van der Waals surface area contributed by atoms with Gasteiger partial charge in [-0.05, 0) is 42.7 Å². The van der Waals surface area contributed by atoms with E-state index in [1.54, 1.807) is 0 Å². The Kier molecular flexibility index (Phi) is 6.13. The summed E-state index contributed by atoms with van der Waals surface area (Å²) in [5.74, 6) is 2.35. The fourth-order valence-corrected chi connectivity index (χ4v) is 2.03. The van der Waals surface area contributed by atoms with Gasteiger partial charge < -0.3 is 14.8 Å². The molecule has 22 heavy (non-hydrogen) atoms. The smallest absolute Gasteiger partial charge is 0.121 e. The first-order valence-electron chi connectivity index (χ1n) is 7.86. The molecule has 0 saturated heterocycles. The minimum atomic E-state index is 0.528. The van der Waals surface area contributed by atoms with E-state index in [0.717, 1.165) is 30.3 Å². The van der Waals surface area contributed by atoms with E-state index in [9.17, 15) is 0 Å². The lowest BCUT2D eigenvalue weighted by atomic mass is 10.2. The monoisotopic (exact) mass is 299 g/mol. The Balaban J connectivity index is 1.89. The summed E-state index contributed by atoms with van der Waals surface area (Å²) in [4.78, 5) is 0. The molecule has 0 saturated carbocycles. The van der Waals surface area contributed by atoms with Crippen LogP contribution in [-0.4, -0.2) is 13.2 Å². The first kappa shape index (κ1) is 16.2. The van der Waals surface area contributed by atoms with Gasteiger partial charge in [-0.25, -0.2) is 0 Å². The maximum absolute atomic E-state index is 5.75. The SMILES string of the molecule is CCOc1ccc(CNc2cccc(OCC(C)C)c2)cc1. The molecule has 0 fully saturated rings. The molecule has 3 heteroatoms. The minimum Gasteiger partial charge on any atom is -0.494 e. The quantitative estimate of drug-likeness (QED) is 0.764. The van der Waals surface area contributed by atoms with Crippen LogP contribution >= 0.6 is 0 Å². The van der Waals surface area contributed by atoms with Crippen LogP contribution in [-0.2, 0) is 6.54 Å².